The summed E-state index contributed by atoms with van der Waals surface area (Å²) in [6, 6.07) is 6.73. The molecular formula is C14H19BrN4. The fourth-order valence-corrected chi connectivity index (χ4v) is 3.57. The number of amidine groups is 1. The number of nitrogens with two attached hydrogens (primary N) is 1. The Morgan fingerprint density at radius 1 is 1.32 bits per heavy atom. The Morgan fingerprint density at radius 3 is 2.95 bits per heavy atom. The molecule has 1 unspecified atom stereocenters. The number of anilines is 1. The molecule has 102 valence electrons. The zero-order chi connectivity index (χ0) is 13.4. The van der Waals surface area contributed by atoms with Crippen LogP contribution in [0.3, 0.4) is 0 Å². The van der Waals surface area contributed by atoms with E-state index in [1.165, 1.54) is 19.4 Å². The standard InChI is InChI=1S/C14H19BrN4/c15-10-3-4-13(12(8-10)14(16)17)19-7-6-18-5-1-2-11(18)9-19/h3-4,8,11H,1-2,5-7,9H2,(H3,16,17). The SMILES string of the molecule is N=C(N)c1cc(Br)ccc1N1CCN2CCCC2C1. The summed E-state index contributed by atoms with van der Waals surface area (Å²) in [6.07, 6.45) is 2.61. The molecule has 1 aromatic rings. The van der Waals surface area contributed by atoms with Crippen LogP contribution in [0.4, 0.5) is 5.69 Å². The molecule has 0 spiro atoms. The van der Waals surface area contributed by atoms with Crippen LogP contribution < -0.4 is 10.6 Å². The lowest BCUT2D eigenvalue weighted by atomic mass is 10.1. The molecule has 19 heavy (non-hydrogen) atoms. The molecule has 5 heteroatoms. The molecule has 0 amide bonds. The molecule has 0 aliphatic carbocycles. The minimum atomic E-state index is 0.144. The lowest BCUT2D eigenvalue weighted by molar-refractivity contribution is 0.231. The van der Waals surface area contributed by atoms with E-state index in [-0.39, 0.29) is 5.84 Å². The zero-order valence-corrected chi connectivity index (χ0v) is 12.5. The van der Waals surface area contributed by atoms with E-state index in [1.54, 1.807) is 0 Å². The first-order valence-electron chi connectivity index (χ1n) is 6.78. The minimum Gasteiger partial charge on any atom is -0.384 e. The number of nitrogens with one attached hydrogen (secondary N) is 1. The first-order chi connectivity index (χ1) is 9.15. The van der Waals surface area contributed by atoms with Crippen molar-refractivity contribution in [3.63, 3.8) is 0 Å². The average Bonchev–Trinajstić information content (AvgIpc) is 2.85. The van der Waals surface area contributed by atoms with E-state index in [9.17, 15) is 0 Å². The van der Waals surface area contributed by atoms with Gasteiger partial charge in [-0.15, -0.1) is 0 Å². The fourth-order valence-electron chi connectivity index (χ4n) is 3.21. The van der Waals surface area contributed by atoms with Crippen molar-refractivity contribution >= 4 is 27.5 Å². The quantitative estimate of drug-likeness (QED) is 0.647. The third-order valence-corrected chi connectivity index (χ3v) is 4.67. The Hall–Kier alpha value is -1.07. The molecule has 1 aromatic carbocycles. The van der Waals surface area contributed by atoms with Crippen molar-refractivity contribution in [2.24, 2.45) is 5.73 Å². The van der Waals surface area contributed by atoms with Crippen LogP contribution in [0.25, 0.3) is 0 Å². The Labute approximate surface area is 122 Å². The number of rotatable bonds is 2. The minimum absolute atomic E-state index is 0.144. The van der Waals surface area contributed by atoms with Gasteiger partial charge >= 0.3 is 0 Å². The van der Waals surface area contributed by atoms with Crippen molar-refractivity contribution in [1.82, 2.24) is 4.90 Å². The van der Waals surface area contributed by atoms with Crippen molar-refractivity contribution in [3.05, 3.63) is 28.2 Å². The molecule has 0 radical (unpaired) electrons. The Morgan fingerprint density at radius 2 is 2.16 bits per heavy atom. The van der Waals surface area contributed by atoms with Crippen LogP contribution in [0.2, 0.25) is 0 Å². The van der Waals surface area contributed by atoms with Crippen LogP contribution in [0.1, 0.15) is 18.4 Å². The first kappa shape index (κ1) is 12.9. The second kappa shape index (κ2) is 5.13. The van der Waals surface area contributed by atoms with Gasteiger partial charge in [-0.3, -0.25) is 10.3 Å². The number of hydrogen-bond acceptors (Lipinski definition) is 3. The summed E-state index contributed by atoms with van der Waals surface area (Å²) < 4.78 is 0.973. The van der Waals surface area contributed by atoms with Crippen molar-refractivity contribution in [2.45, 2.75) is 18.9 Å². The van der Waals surface area contributed by atoms with Crippen LogP contribution in [-0.4, -0.2) is 43.0 Å². The molecule has 2 aliphatic rings. The van der Waals surface area contributed by atoms with Gasteiger partial charge < -0.3 is 10.6 Å². The lowest BCUT2D eigenvalue weighted by Crippen LogP contribution is -2.50. The number of benzene rings is 1. The number of fused-ring (bicyclic) bond motifs is 1. The second-order valence-corrected chi connectivity index (χ2v) is 6.27. The summed E-state index contributed by atoms with van der Waals surface area (Å²) in [5.41, 5.74) is 7.66. The highest BCUT2D eigenvalue weighted by Gasteiger charge is 2.31. The van der Waals surface area contributed by atoms with Gasteiger partial charge in [-0.25, -0.2) is 0 Å². The smallest absolute Gasteiger partial charge is 0.124 e. The van der Waals surface area contributed by atoms with Gasteiger partial charge in [0.25, 0.3) is 0 Å². The van der Waals surface area contributed by atoms with Crippen molar-refractivity contribution < 1.29 is 0 Å². The fraction of sp³-hybridized carbons (Fsp3) is 0.500. The molecule has 2 saturated heterocycles. The number of hydrogen-bond donors (Lipinski definition) is 2. The van der Waals surface area contributed by atoms with E-state index < -0.39 is 0 Å². The molecule has 2 heterocycles. The summed E-state index contributed by atoms with van der Waals surface area (Å²) in [7, 11) is 0. The van der Waals surface area contributed by atoms with Crippen LogP contribution in [-0.2, 0) is 0 Å². The van der Waals surface area contributed by atoms with E-state index in [0.717, 1.165) is 35.4 Å². The highest BCUT2D eigenvalue weighted by atomic mass is 79.9. The number of piperazine rings is 1. The third-order valence-electron chi connectivity index (χ3n) is 4.18. The lowest BCUT2D eigenvalue weighted by Gasteiger charge is -2.39. The van der Waals surface area contributed by atoms with Gasteiger partial charge in [-0.2, -0.15) is 0 Å². The zero-order valence-electron chi connectivity index (χ0n) is 10.9. The highest BCUT2D eigenvalue weighted by molar-refractivity contribution is 9.10. The summed E-state index contributed by atoms with van der Waals surface area (Å²) in [5.74, 6) is 0.144. The second-order valence-electron chi connectivity index (χ2n) is 5.35. The number of nitrogen functional groups attached to an aromatic ring is 1. The van der Waals surface area contributed by atoms with E-state index in [2.05, 4.69) is 31.8 Å². The normalized spacial score (nSPS) is 23.4. The molecule has 3 N–H and O–H groups in total. The molecule has 4 nitrogen and oxygen atoms in total. The predicted octanol–water partition coefficient (Wildman–Crippen LogP) is 2.02. The Bertz CT molecular complexity index is 502. The van der Waals surface area contributed by atoms with Gasteiger partial charge in [0.05, 0.1) is 0 Å². The van der Waals surface area contributed by atoms with E-state index in [1.807, 2.05) is 12.1 Å². The molecule has 3 rings (SSSR count). The highest BCUT2D eigenvalue weighted by Crippen LogP contribution is 2.29. The summed E-state index contributed by atoms with van der Waals surface area (Å²) in [4.78, 5) is 4.97. The molecular weight excluding hydrogens is 304 g/mol. The average molecular weight is 323 g/mol. The maximum Gasteiger partial charge on any atom is 0.124 e. The van der Waals surface area contributed by atoms with Crippen LogP contribution >= 0.6 is 15.9 Å². The molecule has 0 saturated carbocycles. The number of halogens is 1. The molecule has 0 bridgehead atoms. The van der Waals surface area contributed by atoms with Crippen molar-refractivity contribution in [2.75, 3.05) is 31.1 Å². The molecule has 1 atom stereocenters. The monoisotopic (exact) mass is 322 g/mol. The van der Waals surface area contributed by atoms with Crippen LogP contribution in [0.15, 0.2) is 22.7 Å². The van der Waals surface area contributed by atoms with Crippen LogP contribution in [0, 0.1) is 5.41 Å². The van der Waals surface area contributed by atoms with Gasteiger partial charge in [0.2, 0.25) is 0 Å². The van der Waals surface area contributed by atoms with Crippen molar-refractivity contribution in [1.29, 1.82) is 5.41 Å². The summed E-state index contributed by atoms with van der Waals surface area (Å²) in [6.45, 7) is 4.46. The van der Waals surface area contributed by atoms with E-state index >= 15 is 0 Å². The van der Waals surface area contributed by atoms with Gasteiger partial charge in [0.15, 0.2) is 0 Å². The van der Waals surface area contributed by atoms with E-state index in [0.29, 0.717) is 6.04 Å². The predicted molar refractivity (Wildman–Crippen MR) is 82.0 cm³/mol. The Balaban J connectivity index is 1.87. The number of nitrogens with zero attached hydrogens (tertiary/aromatic N) is 2. The van der Waals surface area contributed by atoms with Gasteiger partial charge in [0.1, 0.15) is 5.84 Å². The topological polar surface area (TPSA) is 56.4 Å². The molecule has 2 aliphatic heterocycles. The molecule has 2 fully saturated rings. The summed E-state index contributed by atoms with van der Waals surface area (Å²) >= 11 is 3.45. The maximum atomic E-state index is 7.76. The Kier molecular flexibility index (Phi) is 3.50. The van der Waals surface area contributed by atoms with Crippen LogP contribution in [0.5, 0.6) is 0 Å². The largest absolute Gasteiger partial charge is 0.384 e. The van der Waals surface area contributed by atoms with Gasteiger partial charge in [-0.1, -0.05) is 15.9 Å². The van der Waals surface area contributed by atoms with Crippen molar-refractivity contribution in [3.8, 4) is 0 Å². The van der Waals surface area contributed by atoms with E-state index in [4.69, 9.17) is 11.1 Å². The first-order valence-corrected chi connectivity index (χ1v) is 7.57. The van der Waals surface area contributed by atoms with Gasteiger partial charge in [-0.05, 0) is 37.6 Å². The third kappa shape index (κ3) is 2.49. The summed E-state index contributed by atoms with van der Waals surface area (Å²) in [5, 5.41) is 7.76. The molecule has 0 aromatic heterocycles. The maximum absolute atomic E-state index is 7.76. The van der Waals surface area contributed by atoms with Gasteiger partial charge in [0, 0.05) is 41.4 Å².